The fourth-order valence-electron chi connectivity index (χ4n) is 2.27. The van der Waals surface area contributed by atoms with Gasteiger partial charge in [0.1, 0.15) is 5.75 Å². The number of methoxy groups -OCH3 is 1. The van der Waals surface area contributed by atoms with Crippen molar-refractivity contribution >= 4 is 40.1 Å². The average molecular weight is 350 g/mol. The van der Waals surface area contributed by atoms with Gasteiger partial charge in [-0.25, -0.2) is 0 Å². The fourth-order valence-corrected chi connectivity index (χ4v) is 2.51. The van der Waals surface area contributed by atoms with Crippen LogP contribution in [0.4, 0.5) is 22.7 Å². The second kappa shape index (κ2) is 8.12. The Morgan fingerprint density at radius 3 is 2.32 bits per heavy atom. The zero-order valence-electron chi connectivity index (χ0n) is 13.7. The highest BCUT2D eigenvalue weighted by Gasteiger charge is 2.03. The van der Waals surface area contributed by atoms with E-state index in [1.807, 2.05) is 60.7 Å². The van der Waals surface area contributed by atoms with E-state index >= 15 is 0 Å². The number of nitrogens with zero attached hydrogens (tertiary/aromatic N) is 1. The highest BCUT2D eigenvalue weighted by atomic mass is 32.1. The average Bonchev–Trinajstić information content (AvgIpc) is 2.64. The first-order chi connectivity index (χ1) is 12.2. The van der Waals surface area contributed by atoms with Gasteiger partial charge in [0, 0.05) is 17.6 Å². The number of hydrogen-bond donors (Lipinski definition) is 3. The van der Waals surface area contributed by atoms with Crippen LogP contribution in [0.1, 0.15) is 0 Å². The Labute approximate surface area is 152 Å². The van der Waals surface area contributed by atoms with Crippen molar-refractivity contribution in [3.8, 4) is 5.75 Å². The molecule has 0 fully saturated rings. The molecule has 0 saturated carbocycles. The molecule has 3 N–H and O–H groups in total. The number of nitrogens with one attached hydrogen (secondary N) is 3. The number of aromatic nitrogens is 1. The van der Waals surface area contributed by atoms with E-state index in [2.05, 4.69) is 20.9 Å². The third kappa shape index (κ3) is 4.68. The molecule has 0 aliphatic carbocycles. The monoisotopic (exact) mass is 350 g/mol. The molecule has 2 aromatic carbocycles. The minimum absolute atomic E-state index is 0.512. The van der Waals surface area contributed by atoms with Crippen LogP contribution in [0.5, 0.6) is 5.75 Å². The summed E-state index contributed by atoms with van der Waals surface area (Å²) in [4.78, 5) is 4.04. The number of benzene rings is 2. The van der Waals surface area contributed by atoms with Crippen LogP contribution in [-0.2, 0) is 0 Å². The summed E-state index contributed by atoms with van der Waals surface area (Å²) in [6.07, 6.45) is 3.43. The molecule has 0 amide bonds. The normalized spacial score (nSPS) is 9.96. The molecule has 3 aromatic rings. The lowest BCUT2D eigenvalue weighted by Crippen LogP contribution is -2.19. The van der Waals surface area contributed by atoms with Crippen LogP contribution in [0.15, 0.2) is 73.1 Å². The molecule has 0 atom stereocenters. The van der Waals surface area contributed by atoms with Crippen LogP contribution in [-0.4, -0.2) is 17.2 Å². The highest BCUT2D eigenvalue weighted by molar-refractivity contribution is 7.80. The molecule has 0 aliphatic rings. The Kier molecular flexibility index (Phi) is 5.43. The molecule has 0 radical (unpaired) electrons. The number of rotatable bonds is 5. The molecule has 3 rings (SSSR count). The van der Waals surface area contributed by atoms with Gasteiger partial charge in [0.15, 0.2) is 5.11 Å². The smallest absolute Gasteiger partial charge is 0.175 e. The van der Waals surface area contributed by atoms with E-state index in [1.54, 1.807) is 19.5 Å². The van der Waals surface area contributed by atoms with Crippen LogP contribution in [0.25, 0.3) is 0 Å². The maximum absolute atomic E-state index is 5.35. The van der Waals surface area contributed by atoms with Crippen molar-refractivity contribution in [2.45, 2.75) is 0 Å². The Balaban J connectivity index is 1.61. The van der Waals surface area contributed by atoms with Crippen molar-refractivity contribution in [1.29, 1.82) is 0 Å². The zero-order chi connectivity index (χ0) is 17.5. The van der Waals surface area contributed by atoms with Crippen molar-refractivity contribution < 1.29 is 4.74 Å². The summed E-state index contributed by atoms with van der Waals surface area (Å²) in [5.74, 6) is 0.798. The Morgan fingerprint density at radius 1 is 0.880 bits per heavy atom. The van der Waals surface area contributed by atoms with Gasteiger partial charge in [-0.15, -0.1) is 0 Å². The molecule has 0 bridgehead atoms. The van der Waals surface area contributed by atoms with E-state index < -0.39 is 0 Å². The van der Waals surface area contributed by atoms with Crippen LogP contribution < -0.4 is 20.7 Å². The summed E-state index contributed by atoms with van der Waals surface area (Å²) < 4.78 is 5.35. The van der Waals surface area contributed by atoms with Crippen LogP contribution in [0.2, 0.25) is 0 Å². The summed E-state index contributed by atoms with van der Waals surface area (Å²) in [6.45, 7) is 0. The summed E-state index contributed by atoms with van der Waals surface area (Å²) in [7, 11) is 1.66. The van der Waals surface area contributed by atoms with Gasteiger partial charge >= 0.3 is 0 Å². The van der Waals surface area contributed by atoms with Gasteiger partial charge in [-0.2, -0.15) is 0 Å². The molecule has 1 aromatic heterocycles. The lowest BCUT2D eigenvalue weighted by molar-refractivity contribution is 0.417. The van der Waals surface area contributed by atoms with Gasteiger partial charge in [0.25, 0.3) is 0 Å². The Morgan fingerprint density at radius 2 is 1.60 bits per heavy atom. The zero-order valence-corrected chi connectivity index (χ0v) is 14.5. The van der Waals surface area contributed by atoms with E-state index in [-0.39, 0.29) is 0 Å². The van der Waals surface area contributed by atoms with Crippen molar-refractivity contribution in [2.24, 2.45) is 0 Å². The first-order valence-electron chi connectivity index (χ1n) is 7.73. The quantitative estimate of drug-likeness (QED) is 0.583. The van der Waals surface area contributed by atoms with Gasteiger partial charge in [-0.3, -0.25) is 4.98 Å². The van der Waals surface area contributed by atoms with E-state index in [4.69, 9.17) is 17.0 Å². The number of para-hydroxylation sites is 2. The first kappa shape index (κ1) is 16.7. The van der Waals surface area contributed by atoms with Crippen molar-refractivity contribution in [1.82, 2.24) is 4.98 Å². The summed E-state index contributed by atoms with van der Waals surface area (Å²) >= 11 is 5.31. The summed E-state index contributed by atoms with van der Waals surface area (Å²) in [5, 5.41) is 10.1. The summed E-state index contributed by atoms with van der Waals surface area (Å²) in [6, 6.07) is 19.4. The van der Waals surface area contributed by atoms with E-state index in [0.717, 1.165) is 28.5 Å². The minimum Gasteiger partial charge on any atom is -0.495 e. The van der Waals surface area contributed by atoms with Gasteiger partial charge < -0.3 is 20.7 Å². The minimum atomic E-state index is 0.512. The van der Waals surface area contributed by atoms with Crippen molar-refractivity contribution in [2.75, 3.05) is 23.1 Å². The molecule has 5 nitrogen and oxygen atoms in total. The topological polar surface area (TPSA) is 58.2 Å². The van der Waals surface area contributed by atoms with Crippen LogP contribution >= 0.6 is 12.2 Å². The third-order valence-corrected chi connectivity index (χ3v) is 3.65. The molecular formula is C19H18N4OS. The number of pyridine rings is 1. The first-order valence-corrected chi connectivity index (χ1v) is 8.13. The SMILES string of the molecule is COc1ccccc1Nc1ccc(NC(=S)Nc2cccnc2)cc1. The maximum Gasteiger partial charge on any atom is 0.175 e. The Bertz CT molecular complexity index is 838. The van der Waals surface area contributed by atoms with Gasteiger partial charge in [0.2, 0.25) is 0 Å². The number of anilines is 4. The van der Waals surface area contributed by atoms with E-state index in [9.17, 15) is 0 Å². The molecule has 25 heavy (non-hydrogen) atoms. The maximum atomic E-state index is 5.35. The predicted molar refractivity (Wildman–Crippen MR) is 107 cm³/mol. The third-order valence-electron chi connectivity index (χ3n) is 3.45. The predicted octanol–water partition coefficient (Wildman–Crippen LogP) is 4.64. The molecule has 1 heterocycles. The molecule has 0 spiro atoms. The number of ether oxygens (including phenoxy) is 1. The van der Waals surface area contributed by atoms with Crippen molar-refractivity contribution in [3.05, 3.63) is 73.1 Å². The van der Waals surface area contributed by atoms with E-state index in [1.165, 1.54) is 0 Å². The lowest BCUT2D eigenvalue weighted by Gasteiger charge is -2.13. The number of hydrogen-bond acceptors (Lipinski definition) is 4. The van der Waals surface area contributed by atoms with Crippen LogP contribution in [0.3, 0.4) is 0 Å². The van der Waals surface area contributed by atoms with Gasteiger partial charge in [-0.05, 0) is 60.7 Å². The molecule has 0 unspecified atom stereocenters. The standard InChI is InChI=1S/C19H18N4OS/c1-24-18-7-3-2-6-17(18)21-14-8-10-15(11-9-14)22-19(25)23-16-5-4-12-20-13-16/h2-13,21H,1H3,(H2,22,23,25). The molecular weight excluding hydrogens is 332 g/mol. The second-order valence-corrected chi connectivity index (χ2v) is 5.63. The highest BCUT2D eigenvalue weighted by Crippen LogP contribution is 2.27. The van der Waals surface area contributed by atoms with Crippen LogP contribution in [0, 0.1) is 0 Å². The van der Waals surface area contributed by atoms with Gasteiger partial charge in [0.05, 0.1) is 24.7 Å². The summed E-state index contributed by atoms with van der Waals surface area (Å²) in [5.41, 5.74) is 3.61. The van der Waals surface area contributed by atoms with Crippen molar-refractivity contribution in [3.63, 3.8) is 0 Å². The molecule has 0 saturated heterocycles. The van der Waals surface area contributed by atoms with Gasteiger partial charge in [-0.1, -0.05) is 12.1 Å². The molecule has 126 valence electrons. The fraction of sp³-hybridized carbons (Fsp3) is 0.0526. The largest absolute Gasteiger partial charge is 0.495 e. The lowest BCUT2D eigenvalue weighted by atomic mass is 10.2. The van der Waals surface area contributed by atoms with E-state index in [0.29, 0.717) is 5.11 Å². The number of thiocarbonyl (C=S) groups is 1. The Hall–Kier alpha value is -3.12. The molecule has 0 aliphatic heterocycles. The second-order valence-electron chi connectivity index (χ2n) is 5.22. The molecule has 6 heteroatoms.